The fraction of sp³-hybridized carbons (Fsp3) is 0.278. The van der Waals surface area contributed by atoms with Gasteiger partial charge in [-0.2, -0.15) is 8.78 Å². The topological polar surface area (TPSA) is 105 Å². The summed E-state index contributed by atoms with van der Waals surface area (Å²) in [6, 6.07) is 9.53. The van der Waals surface area contributed by atoms with Gasteiger partial charge in [-0.1, -0.05) is 13.0 Å². The van der Waals surface area contributed by atoms with Crippen LogP contribution in [0, 0.1) is 0 Å². The van der Waals surface area contributed by atoms with Gasteiger partial charge in [0, 0.05) is 11.8 Å². The predicted octanol–water partition coefficient (Wildman–Crippen LogP) is 3.73. The van der Waals surface area contributed by atoms with Gasteiger partial charge in [-0.25, -0.2) is 8.42 Å². The van der Waals surface area contributed by atoms with E-state index in [0.717, 1.165) is 28.7 Å². The molecule has 1 amide bonds. The minimum Gasteiger partial charge on any atom is -0.425 e. The van der Waals surface area contributed by atoms with Crippen LogP contribution < -0.4 is 14.8 Å². The lowest BCUT2D eigenvalue weighted by atomic mass is 10.1. The second kappa shape index (κ2) is 9.67. The van der Waals surface area contributed by atoms with E-state index in [1.807, 2.05) is 0 Å². The number of carbonyl (C=O) groups is 1. The van der Waals surface area contributed by atoms with Crippen molar-refractivity contribution in [3.8, 4) is 5.75 Å². The fourth-order valence-electron chi connectivity index (χ4n) is 2.49. The van der Waals surface area contributed by atoms with Crippen molar-refractivity contribution in [3.63, 3.8) is 0 Å². The number of carbonyl (C=O) groups excluding carboxylic acids is 1. The Kier molecular flexibility index (Phi) is 7.77. The Balaban J connectivity index is 2.27. The zero-order valence-corrected chi connectivity index (χ0v) is 18.3. The van der Waals surface area contributed by atoms with Gasteiger partial charge in [-0.15, -0.1) is 0 Å². The van der Waals surface area contributed by atoms with Gasteiger partial charge >= 0.3 is 4.12 Å². The van der Waals surface area contributed by atoms with E-state index in [1.165, 1.54) is 36.4 Å². The van der Waals surface area contributed by atoms with Crippen molar-refractivity contribution in [3.05, 3.63) is 48.0 Å². The summed E-state index contributed by atoms with van der Waals surface area (Å²) < 4.78 is 54.9. The molecule has 2 aromatic rings. The number of ether oxygens (including phenoxy) is 1. The lowest BCUT2D eigenvalue weighted by Crippen LogP contribution is -2.17. The standard InChI is InChI=1S/C18H19F2IN2O5S/c1-2-12-10-13(22-17(25)8-9-24)6-7-16(12)29(26,27)23-14-4-3-5-15(11-14)28-18(19,20)21/h3-7,10-11,23-24H,2,8-9H2,1H3,(H,22,25). The number of halogens is 3. The first-order chi connectivity index (χ1) is 13.5. The number of alkyl halides is 3. The minimum atomic E-state index is -4.02. The summed E-state index contributed by atoms with van der Waals surface area (Å²) in [6.45, 7) is 1.46. The third-order valence-electron chi connectivity index (χ3n) is 3.67. The van der Waals surface area contributed by atoms with Crippen molar-refractivity contribution in [1.29, 1.82) is 0 Å². The molecule has 0 radical (unpaired) electrons. The molecule has 0 aliphatic carbocycles. The van der Waals surface area contributed by atoms with Crippen LogP contribution in [0.2, 0.25) is 0 Å². The van der Waals surface area contributed by atoms with E-state index >= 15 is 0 Å². The van der Waals surface area contributed by atoms with E-state index in [9.17, 15) is 22.0 Å². The molecule has 158 valence electrons. The Morgan fingerprint density at radius 3 is 2.55 bits per heavy atom. The number of nitrogens with one attached hydrogen (secondary N) is 2. The number of aliphatic hydroxyl groups excluding tert-OH is 1. The summed E-state index contributed by atoms with van der Waals surface area (Å²) in [5.41, 5.74) is 0.912. The zero-order chi connectivity index (χ0) is 21.7. The molecule has 11 heteroatoms. The van der Waals surface area contributed by atoms with E-state index in [2.05, 4.69) is 14.8 Å². The van der Waals surface area contributed by atoms with Crippen molar-refractivity contribution in [1.82, 2.24) is 0 Å². The molecule has 3 N–H and O–H groups in total. The van der Waals surface area contributed by atoms with Crippen LogP contribution in [0.4, 0.5) is 20.2 Å². The molecule has 0 aliphatic rings. The predicted molar refractivity (Wildman–Crippen MR) is 113 cm³/mol. The monoisotopic (exact) mass is 540 g/mol. The molecule has 0 atom stereocenters. The maximum atomic E-state index is 13.0. The summed E-state index contributed by atoms with van der Waals surface area (Å²) >= 11 is 0.817. The number of sulfonamides is 1. The number of aryl methyl sites for hydroxylation is 1. The minimum absolute atomic E-state index is 0.00861. The summed E-state index contributed by atoms with van der Waals surface area (Å²) in [5.74, 6) is -0.588. The maximum Gasteiger partial charge on any atom is 0.451 e. The maximum absolute atomic E-state index is 13.0. The Bertz CT molecular complexity index is 980. The fourth-order valence-corrected chi connectivity index (χ4v) is 4.08. The molecule has 0 saturated carbocycles. The Hall–Kier alpha value is -1.99. The second-order valence-corrected chi connectivity index (χ2v) is 8.79. The smallest absolute Gasteiger partial charge is 0.425 e. The third kappa shape index (κ3) is 7.08. The number of hydrogen-bond donors (Lipinski definition) is 3. The second-order valence-electron chi connectivity index (χ2n) is 5.88. The lowest BCUT2D eigenvalue weighted by Gasteiger charge is -2.15. The van der Waals surface area contributed by atoms with Crippen LogP contribution in [-0.4, -0.2) is 30.2 Å². The van der Waals surface area contributed by atoms with E-state index in [1.54, 1.807) is 6.92 Å². The molecule has 0 saturated heterocycles. The zero-order valence-electron chi connectivity index (χ0n) is 15.3. The summed E-state index contributed by atoms with van der Waals surface area (Å²) in [4.78, 5) is 11.6. The molecule has 0 fully saturated rings. The highest BCUT2D eigenvalue weighted by Crippen LogP contribution is 2.30. The van der Waals surface area contributed by atoms with Gasteiger partial charge in [-0.3, -0.25) is 9.52 Å². The van der Waals surface area contributed by atoms with E-state index < -0.39 is 20.0 Å². The molecular formula is C18H19F2IN2O5S. The number of benzene rings is 2. The van der Waals surface area contributed by atoms with Gasteiger partial charge in [0.05, 0.1) is 46.2 Å². The van der Waals surface area contributed by atoms with Crippen LogP contribution in [0.15, 0.2) is 47.4 Å². The molecule has 0 bridgehead atoms. The molecule has 2 aromatic carbocycles. The highest BCUT2D eigenvalue weighted by atomic mass is 127. The molecule has 7 nitrogen and oxygen atoms in total. The molecule has 0 heterocycles. The molecule has 0 spiro atoms. The Morgan fingerprint density at radius 2 is 1.93 bits per heavy atom. The lowest BCUT2D eigenvalue weighted by molar-refractivity contribution is -0.116. The number of anilines is 2. The van der Waals surface area contributed by atoms with Gasteiger partial charge in [0.2, 0.25) is 5.91 Å². The van der Waals surface area contributed by atoms with Crippen LogP contribution in [0.25, 0.3) is 0 Å². The molecular weight excluding hydrogens is 521 g/mol. The quantitative estimate of drug-likeness (QED) is 0.332. The van der Waals surface area contributed by atoms with E-state index in [4.69, 9.17) is 5.11 Å². The van der Waals surface area contributed by atoms with Gasteiger partial charge < -0.3 is 15.2 Å². The highest BCUT2D eigenvalue weighted by Gasteiger charge is 2.26. The van der Waals surface area contributed by atoms with Crippen LogP contribution in [-0.2, 0) is 21.2 Å². The van der Waals surface area contributed by atoms with Crippen molar-refractivity contribution >= 4 is 49.9 Å². The van der Waals surface area contributed by atoms with Gasteiger partial charge in [-0.05, 0) is 42.3 Å². The van der Waals surface area contributed by atoms with Crippen LogP contribution >= 0.6 is 22.6 Å². The average Bonchev–Trinajstić information content (AvgIpc) is 2.60. The largest absolute Gasteiger partial charge is 0.451 e. The highest BCUT2D eigenvalue weighted by molar-refractivity contribution is 14.1. The first-order valence-corrected chi connectivity index (χ1v) is 11.0. The normalized spacial score (nSPS) is 11.8. The number of amides is 1. The van der Waals surface area contributed by atoms with Gasteiger partial charge in [0.1, 0.15) is 5.75 Å². The molecule has 0 unspecified atom stereocenters. The first kappa shape index (κ1) is 23.3. The van der Waals surface area contributed by atoms with Crippen molar-refractivity contribution < 1.29 is 31.8 Å². The number of rotatable bonds is 9. The SMILES string of the molecule is CCc1cc(NC(=O)CCO)ccc1S(=O)(=O)Nc1cccc(OC(F)(F)I)c1. The molecule has 2 rings (SSSR count). The molecule has 0 aliphatic heterocycles. The van der Waals surface area contributed by atoms with E-state index in [-0.39, 0.29) is 29.4 Å². The summed E-state index contributed by atoms with van der Waals surface area (Å²) in [7, 11) is -4.02. The van der Waals surface area contributed by atoms with Gasteiger partial charge in [0.15, 0.2) is 0 Å². The summed E-state index contributed by atoms with van der Waals surface area (Å²) in [5, 5.41) is 11.4. The van der Waals surface area contributed by atoms with Crippen molar-refractivity contribution in [2.75, 3.05) is 16.6 Å². The van der Waals surface area contributed by atoms with Gasteiger partial charge in [0.25, 0.3) is 10.0 Å². The number of aliphatic hydroxyl groups is 1. The van der Waals surface area contributed by atoms with Crippen LogP contribution in [0.3, 0.4) is 0 Å². The van der Waals surface area contributed by atoms with Crippen LogP contribution in [0.1, 0.15) is 18.9 Å². The van der Waals surface area contributed by atoms with Crippen molar-refractivity contribution in [2.24, 2.45) is 0 Å². The Morgan fingerprint density at radius 1 is 1.21 bits per heavy atom. The average molecular weight is 540 g/mol. The molecule has 0 aromatic heterocycles. The first-order valence-electron chi connectivity index (χ1n) is 8.46. The van der Waals surface area contributed by atoms with Crippen LogP contribution in [0.5, 0.6) is 5.75 Å². The number of hydrogen-bond acceptors (Lipinski definition) is 5. The Labute approximate surface area is 180 Å². The molecule has 29 heavy (non-hydrogen) atoms. The van der Waals surface area contributed by atoms with Crippen molar-refractivity contribution in [2.45, 2.75) is 28.8 Å². The van der Waals surface area contributed by atoms with E-state index in [0.29, 0.717) is 17.7 Å². The summed E-state index contributed by atoms with van der Waals surface area (Å²) in [6.07, 6.45) is 0.294. The third-order valence-corrected chi connectivity index (χ3v) is 5.38.